The molecule has 1 aromatic heterocycles. The number of rotatable bonds is 2. The molecule has 2 aromatic rings. The number of likely N-dealkylation sites (tertiary alicyclic amines) is 1. The van der Waals surface area contributed by atoms with E-state index >= 15 is 0 Å². The number of hydrogen-bond acceptors (Lipinski definition) is 3. The number of carbonyl (C=O) groups excluding carboxylic acids is 1. The highest BCUT2D eigenvalue weighted by Gasteiger charge is 2.49. The van der Waals surface area contributed by atoms with E-state index in [1.54, 1.807) is 6.07 Å². The number of aromatic nitrogens is 2. The first-order valence-corrected chi connectivity index (χ1v) is 7.60. The highest BCUT2D eigenvalue weighted by Crippen LogP contribution is 2.48. The van der Waals surface area contributed by atoms with Crippen molar-refractivity contribution in [3.63, 3.8) is 0 Å². The average molecular weight is 284 g/mol. The number of imidazole rings is 1. The molecule has 2 atom stereocenters. The van der Waals surface area contributed by atoms with Gasteiger partial charge in [0.15, 0.2) is 0 Å². The topological polar surface area (TPSA) is 75.0 Å². The third kappa shape index (κ3) is 1.73. The van der Waals surface area contributed by atoms with Gasteiger partial charge in [0.1, 0.15) is 11.3 Å². The van der Waals surface area contributed by atoms with Crippen LogP contribution in [-0.2, 0) is 5.54 Å². The Kier molecular flexibility index (Phi) is 2.63. The largest absolute Gasteiger partial charge is 0.366 e. The predicted octanol–water partition coefficient (Wildman–Crippen LogP) is 1.99. The van der Waals surface area contributed by atoms with E-state index in [-0.39, 0.29) is 5.54 Å². The molecule has 4 rings (SSSR count). The van der Waals surface area contributed by atoms with Gasteiger partial charge < -0.3 is 10.7 Å². The molecule has 1 amide bonds. The molecule has 3 N–H and O–H groups in total. The monoisotopic (exact) mass is 284 g/mol. The molecular formula is C16H20N4O. The lowest BCUT2D eigenvalue weighted by molar-refractivity contribution is 0.100. The fraction of sp³-hybridized carbons (Fsp3) is 0.500. The van der Waals surface area contributed by atoms with Crippen LogP contribution in [0.15, 0.2) is 18.2 Å². The Hall–Kier alpha value is -1.88. The van der Waals surface area contributed by atoms with Crippen molar-refractivity contribution in [1.29, 1.82) is 0 Å². The molecule has 5 nitrogen and oxygen atoms in total. The molecule has 0 unspecified atom stereocenters. The lowest BCUT2D eigenvalue weighted by Crippen LogP contribution is -2.39. The Labute approximate surface area is 123 Å². The van der Waals surface area contributed by atoms with E-state index in [2.05, 4.69) is 16.9 Å². The first-order chi connectivity index (χ1) is 10.1. The summed E-state index contributed by atoms with van der Waals surface area (Å²) >= 11 is 0. The SMILES string of the molecule is CN1C[C@H]2CCC[C@]1(c1nc3c(C(N)=O)cccc3[nH]1)C2. The van der Waals surface area contributed by atoms with Crippen LogP contribution in [-0.4, -0.2) is 34.4 Å². The zero-order valence-electron chi connectivity index (χ0n) is 12.2. The van der Waals surface area contributed by atoms with Gasteiger partial charge in [-0.3, -0.25) is 9.69 Å². The second kappa shape index (κ2) is 4.31. The molecule has 1 aliphatic carbocycles. The minimum Gasteiger partial charge on any atom is -0.366 e. The standard InChI is InChI=1S/C16H20N4O/c1-20-9-10-4-3-7-16(20,8-10)15-18-12-6-2-5-11(14(17)21)13(12)19-15/h2,5-6,10H,3-4,7-9H2,1H3,(H2,17,21)(H,18,19)/t10-,16+/m0/s1. The van der Waals surface area contributed by atoms with Gasteiger partial charge in [0.2, 0.25) is 0 Å². The van der Waals surface area contributed by atoms with E-state index < -0.39 is 5.91 Å². The van der Waals surface area contributed by atoms with Gasteiger partial charge in [-0.15, -0.1) is 0 Å². The van der Waals surface area contributed by atoms with Crippen molar-refractivity contribution in [3.8, 4) is 0 Å². The maximum Gasteiger partial charge on any atom is 0.250 e. The van der Waals surface area contributed by atoms with Crippen LogP contribution in [0.4, 0.5) is 0 Å². The molecule has 1 saturated heterocycles. The van der Waals surface area contributed by atoms with Crippen molar-refractivity contribution in [2.45, 2.75) is 31.2 Å². The number of carbonyl (C=O) groups is 1. The van der Waals surface area contributed by atoms with Crippen LogP contribution in [0.25, 0.3) is 11.0 Å². The zero-order chi connectivity index (χ0) is 14.6. The number of hydrogen-bond donors (Lipinski definition) is 2. The zero-order valence-corrected chi connectivity index (χ0v) is 12.2. The molecule has 0 radical (unpaired) electrons. The number of H-pyrrole nitrogens is 1. The second-order valence-electron chi connectivity index (χ2n) is 6.53. The average Bonchev–Trinajstić information content (AvgIpc) is 2.99. The van der Waals surface area contributed by atoms with Crippen molar-refractivity contribution in [2.24, 2.45) is 11.7 Å². The molecule has 2 bridgehead atoms. The van der Waals surface area contributed by atoms with Crippen LogP contribution in [0.2, 0.25) is 0 Å². The molecule has 2 aliphatic rings. The van der Waals surface area contributed by atoms with Crippen LogP contribution in [0.3, 0.4) is 0 Å². The Balaban J connectivity index is 1.88. The van der Waals surface area contributed by atoms with Crippen LogP contribution in [0.1, 0.15) is 41.9 Å². The van der Waals surface area contributed by atoms with Gasteiger partial charge in [-0.05, 0) is 44.4 Å². The quantitative estimate of drug-likeness (QED) is 0.885. The van der Waals surface area contributed by atoms with E-state index in [4.69, 9.17) is 10.7 Å². The number of amides is 1. The van der Waals surface area contributed by atoms with Gasteiger partial charge in [0.25, 0.3) is 5.91 Å². The highest BCUT2D eigenvalue weighted by atomic mass is 16.1. The summed E-state index contributed by atoms with van der Waals surface area (Å²) in [5.74, 6) is 1.35. The summed E-state index contributed by atoms with van der Waals surface area (Å²) in [6, 6.07) is 5.56. The first-order valence-electron chi connectivity index (χ1n) is 7.60. The van der Waals surface area contributed by atoms with Gasteiger partial charge in [0, 0.05) is 6.54 Å². The van der Waals surface area contributed by atoms with Crippen LogP contribution >= 0.6 is 0 Å². The summed E-state index contributed by atoms with van der Waals surface area (Å²) in [6.07, 6.45) is 4.86. The van der Waals surface area contributed by atoms with Gasteiger partial charge in [0.05, 0.1) is 16.6 Å². The Bertz CT molecular complexity index is 722. The number of benzene rings is 1. The van der Waals surface area contributed by atoms with Crippen molar-refractivity contribution < 1.29 is 4.79 Å². The highest BCUT2D eigenvalue weighted by molar-refractivity contribution is 6.04. The second-order valence-corrected chi connectivity index (χ2v) is 6.53. The molecule has 21 heavy (non-hydrogen) atoms. The maximum atomic E-state index is 11.6. The molecule has 2 heterocycles. The molecule has 1 saturated carbocycles. The molecular weight excluding hydrogens is 264 g/mol. The first kappa shape index (κ1) is 12.8. The number of para-hydroxylation sites is 1. The van der Waals surface area contributed by atoms with Crippen molar-refractivity contribution in [2.75, 3.05) is 13.6 Å². The van der Waals surface area contributed by atoms with E-state index in [1.807, 2.05) is 12.1 Å². The van der Waals surface area contributed by atoms with Gasteiger partial charge >= 0.3 is 0 Å². The number of nitrogens with zero attached hydrogens (tertiary/aromatic N) is 2. The third-order valence-electron chi connectivity index (χ3n) is 5.31. The fourth-order valence-corrected chi connectivity index (χ4v) is 4.28. The number of primary amides is 1. The van der Waals surface area contributed by atoms with E-state index in [1.165, 1.54) is 12.8 Å². The minimum absolute atomic E-state index is 0.0108. The summed E-state index contributed by atoms with van der Waals surface area (Å²) in [5, 5.41) is 0. The number of fused-ring (bicyclic) bond motifs is 3. The number of aromatic amines is 1. The van der Waals surface area contributed by atoms with E-state index in [0.717, 1.165) is 36.6 Å². The van der Waals surface area contributed by atoms with Gasteiger partial charge in [-0.1, -0.05) is 12.5 Å². The van der Waals surface area contributed by atoms with Crippen molar-refractivity contribution >= 4 is 16.9 Å². The summed E-state index contributed by atoms with van der Waals surface area (Å²) in [4.78, 5) is 22.2. The molecule has 110 valence electrons. The predicted molar refractivity (Wildman–Crippen MR) is 80.9 cm³/mol. The maximum absolute atomic E-state index is 11.6. The third-order valence-corrected chi connectivity index (χ3v) is 5.31. The lowest BCUT2D eigenvalue weighted by Gasteiger charge is -2.36. The molecule has 1 aromatic carbocycles. The van der Waals surface area contributed by atoms with Crippen LogP contribution in [0.5, 0.6) is 0 Å². The summed E-state index contributed by atoms with van der Waals surface area (Å²) in [7, 11) is 2.19. The molecule has 2 fully saturated rings. The van der Waals surface area contributed by atoms with Crippen LogP contribution < -0.4 is 5.73 Å². The summed E-state index contributed by atoms with van der Waals surface area (Å²) < 4.78 is 0. The van der Waals surface area contributed by atoms with Crippen LogP contribution in [0, 0.1) is 5.92 Å². The van der Waals surface area contributed by atoms with Crippen molar-refractivity contribution in [1.82, 2.24) is 14.9 Å². The van der Waals surface area contributed by atoms with E-state index in [9.17, 15) is 4.79 Å². The van der Waals surface area contributed by atoms with Gasteiger partial charge in [-0.2, -0.15) is 0 Å². The number of nitrogens with one attached hydrogen (secondary N) is 1. The molecule has 5 heteroatoms. The summed E-state index contributed by atoms with van der Waals surface area (Å²) in [5.41, 5.74) is 7.58. The minimum atomic E-state index is -0.419. The lowest BCUT2D eigenvalue weighted by atomic mass is 9.79. The summed E-state index contributed by atoms with van der Waals surface area (Å²) in [6.45, 7) is 1.14. The van der Waals surface area contributed by atoms with E-state index in [0.29, 0.717) is 11.1 Å². The Morgan fingerprint density at radius 1 is 1.52 bits per heavy atom. The Morgan fingerprint density at radius 3 is 3.19 bits per heavy atom. The smallest absolute Gasteiger partial charge is 0.250 e. The number of nitrogens with two attached hydrogens (primary N) is 1. The van der Waals surface area contributed by atoms with Crippen molar-refractivity contribution in [3.05, 3.63) is 29.6 Å². The fourth-order valence-electron chi connectivity index (χ4n) is 4.28. The van der Waals surface area contributed by atoms with Gasteiger partial charge in [-0.25, -0.2) is 4.98 Å². The molecule has 1 aliphatic heterocycles. The Morgan fingerprint density at radius 2 is 2.38 bits per heavy atom. The normalized spacial score (nSPS) is 29.1. The molecule has 0 spiro atoms.